The molecule has 0 aromatic heterocycles. The summed E-state index contributed by atoms with van der Waals surface area (Å²) in [6.07, 6.45) is 3.65. The fourth-order valence-electron chi connectivity index (χ4n) is 4.57. The van der Waals surface area contributed by atoms with Gasteiger partial charge in [0.2, 0.25) is 0 Å². The number of benzene rings is 1. The second-order valence-electron chi connectivity index (χ2n) is 8.13. The van der Waals surface area contributed by atoms with Crippen molar-refractivity contribution in [1.82, 2.24) is 0 Å². The highest BCUT2D eigenvalue weighted by molar-refractivity contribution is 9.10. The smallest absolute Gasteiger partial charge is 0.126 e. The lowest BCUT2D eigenvalue weighted by Crippen LogP contribution is -2.53. The highest BCUT2D eigenvalue weighted by atomic mass is 79.9. The molecule has 0 aliphatic heterocycles. The van der Waals surface area contributed by atoms with E-state index in [1.807, 2.05) is 6.07 Å². The molecule has 112 valence electrons. The van der Waals surface area contributed by atoms with Crippen LogP contribution in [0, 0.1) is 16.6 Å². The molecule has 0 heterocycles. The van der Waals surface area contributed by atoms with Crippen LogP contribution >= 0.6 is 15.9 Å². The summed E-state index contributed by atoms with van der Waals surface area (Å²) in [6.45, 7) is 9.08. The SMILES string of the molecule is CC1(C)CC(C)(C)CC(N)(Cc2cc(Br)ccc2F)C1. The van der Waals surface area contributed by atoms with E-state index in [9.17, 15) is 4.39 Å². The van der Waals surface area contributed by atoms with Crippen LogP contribution in [0.5, 0.6) is 0 Å². The molecule has 1 fully saturated rings. The van der Waals surface area contributed by atoms with Gasteiger partial charge in [0, 0.05) is 10.0 Å². The average Bonchev–Trinajstić information content (AvgIpc) is 2.17. The molecular formula is C17H25BrFN. The van der Waals surface area contributed by atoms with E-state index in [0.717, 1.165) is 22.9 Å². The van der Waals surface area contributed by atoms with E-state index < -0.39 is 0 Å². The quantitative estimate of drug-likeness (QED) is 0.798. The molecule has 0 radical (unpaired) electrons. The van der Waals surface area contributed by atoms with Gasteiger partial charge in [-0.2, -0.15) is 0 Å². The molecule has 0 saturated heterocycles. The van der Waals surface area contributed by atoms with Gasteiger partial charge in [0.15, 0.2) is 0 Å². The van der Waals surface area contributed by atoms with Crippen LogP contribution in [-0.2, 0) is 6.42 Å². The predicted molar refractivity (Wildman–Crippen MR) is 86.1 cm³/mol. The Morgan fingerprint density at radius 3 is 2.20 bits per heavy atom. The van der Waals surface area contributed by atoms with E-state index in [-0.39, 0.29) is 22.2 Å². The van der Waals surface area contributed by atoms with E-state index in [1.54, 1.807) is 6.07 Å². The van der Waals surface area contributed by atoms with Gasteiger partial charge in [-0.3, -0.25) is 0 Å². The van der Waals surface area contributed by atoms with Crippen LogP contribution in [0.1, 0.15) is 52.5 Å². The zero-order valence-corrected chi connectivity index (χ0v) is 14.5. The van der Waals surface area contributed by atoms with Crippen LogP contribution in [0.3, 0.4) is 0 Å². The molecule has 2 rings (SSSR count). The summed E-state index contributed by atoms with van der Waals surface area (Å²) in [6, 6.07) is 5.11. The first kappa shape index (κ1) is 16.0. The number of hydrogen-bond donors (Lipinski definition) is 1. The van der Waals surface area contributed by atoms with Gasteiger partial charge in [-0.05, 0) is 60.3 Å². The Morgan fingerprint density at radius 1 is 1.10 bits per heavy atom. The lowest BCUT2D eigenvalue weighted by Gasteiger charge is -2.50. The van der Waals surface area contributed by atoms with Crippen molar-refractivity contribution in [3.63, 3.8) is 0 Å². The first-order valence-corrected chi connectivity index (χ1v) is 8.03. The van der Waals surface area contributed by atoms with Gasteiger partial charge < -0.3 is 5.73 Å². The third-order valence-corrected chi connectivity index (χ3v) is 4.66. The fourth-order valence-corrected chi connectivity index (χ4v) is 4.98. The van der Waals surface area contributed by atoms with Crippen LogP contribution in [0.2, 0.25) is 0 Å². The maximum atomic E-state index is 14.0. The monoisotopic (exact) mass is 341 g/mol. The number of nitrogens with two attached hydrogens (primary N) is 1. The van der Waals surface area contributed by atoms with Crippen molar-refractivity contribution in [2.24, 2.45) is 16.6 Å². The summed E-state index contributed by atoms with van der Waals surface area (Å²) >= 11 is 3.42. The van der Waals surface area contributed by atoms with Crippen LogP contribution in [0.15, 0.2) is 22.7 Å². The van der Waals surface area contributed by atoms with Crippen LogP contribution in [-0.4, -0.2) is 5.54 Å². The molecule has 0 atom stereocenters. The first-order chi connectivity index (χ1) is 9.00. The average molecular weight is 342 g/mol. The van der Waals surface area contributed by atoms with Crippen molar-refractivity contribution >= 4 is 15.9 Å². The number of halogens is 2. The fraction of sp³-hybridized carbons (Fsp3) is 0.647. The minimum Gasteiger partial charge on any atom is -0.325 e. The molecule has 1 aromatic carbocycles. The first-order valence-electron chi connectivity index (χ1n) is 7.23. The largest absolute Gasteiger partial charge is 0.325 e. The van der Waals surface area contributed by atoms with E-state index >= 15 is 0 Å². The Bertz CT molecular complexity index is 492. The maximum absolute atomic E-state index is 14.0. The van der Waals surface area contributed by atoms with Gasteiger partial charge in [-0.1, -0.05) is 43.6 Å². The van der Waals surface area contributed by atoms with Crippen LogP contribution in [0.4, 0.5) is 4.39 Å². The molecule has 20 heavy (non-hydrogen) atoms. The highest BCUT2D eigenvalue weighted by Crippen LogP contribution is 2.50. The topological polar surface area (TPSA) is 26.0 Å². The molecule has 1 saturated carbocycles. The summed E-state index contributed by atoms with van der Waals surface area (Å²) < 4.78 is 14.9. The Kier molecular flexibility index (Phi) is 4.07. The summed E-state index contributed by atoms with van der Waals surface area (Å²) in [5, 5.41) is 0. The molecule has 0 amide bonds. The molecule has 1 nitrogen and oxygen atoms in total. The second kappa shape index (κ2) is 5.10. The van der Waals surface area contributed by atoms with E-state index in [0.29, 0.717) is 6.42 Å². The Labute approximate surface area is 130 Å². The van der Waals surface area contributed by atoms with Crippen molar-refractivity contribution < 1.29 is 4.39 Å². The highest BCUT2D eigenvalue weighted by Gasteiger charge is 2.45. The second-order valence-corrected chi connectivity index (χ2v) is 9.05. The Morgan fingerprint density at radius 2 is 1.65 bits per heavy atom. The summed E-state index contributed by atoms with van der Waals surface area (Å²) in [5.74, 6) is -0.154. The van der Waals surface area contributed by atoms with Gasteiger partial charge in [-0.25, -0.2) is 4.39 Å². The predicted octanol–water partition coefficient (Wildman–Crippen LogP) is 5.06. The van der Waals surface area contributed by atoms with E-state index in [4.69, 9.17) is 5.73 Å². The van der Waals surface area contributed by atoms with Gasteiger partial charge in [-0.15, -0.1) is 0 Å². The zero-order valence-electron chi connectivity index (χ0n) is 12.9. The number of hydrogen-bond acceptors (Lipinski definition) is 1. The van der Waals surface area contributed by atoms with Gasteiger partial charge in [0.1, 0.15) is 5.82 Å². The minimum atomic E-state index is -0.327. The van der Waals surface area contributed by atoms with Gasteiger partial charge in [0.25, 0.3) is 0 Å². The van der Waals surface area contributed by atoms with Crippen molar-refractivity contribution in [3.05, 3.63) is 34.1 Å². The Hall–Kier alpha value is -0.410. The van der Waals surface area contributed by atoms with Gasteiger partial charge in [0.05, 0.1) is 0 Å². The normalized spacial score (nSPS) is 23.6. The standard InChI is InChI=1S/C17H25BrFN/c1-15(2)9-16(3,4)11-17(20,10-15)8-12-7-13(18)5-6-14(12)19/h5-7H,8-11,20H2,1-4H3. The van der Waals surface area contributed by atoms with Gasteiger partial charge >= 0.3 is 0 Å². The summed E-state index contributed by atoms with van der Waals surface area (Å²) in [7, 11) is 0. The van der Waals surface area contributed by atoms with Crippen LogP contribution < -0.4 is 5.73 Å². The van der Waals surface area contributed by atoms with E-state index in [2.05, 4.69) is 43.6 Å². The molecule has 2 N–H and O–H groups in total. The molecule has 1 aliphatic rings. The lowest BCUT2D eigenvalue weighted by atomic mass is 9.57. The van der Waals surface area contributed by atoms with E-state index in [1.165, 1.54) is 12.5 Å². The molecule has 0 bridgehead atoms. The van der Waals surface area contributed by atoms with Crippen molar-refractivity contribution in [2.75, 3.05) is 0 Å². The Balaban J connectivity index is 2.28. The lowest BCUT2D eigenvalue weighted by molar-refractivity contribution is 0.0483. The summed E-state index contributed by atoms with van der Waals surface area (Å²) in [4.78, 5) is 0. The maximum Gasteiger partial charge on any atom is 0.126 e. The third kappa shape index (κ3) is 3.82. The third-order valence-electron chi connectivity index (χ3n) is 4.17. The molecular weight excluding hydrogens is 317 g/mol. The summed E-state index contributed by atoms with van der Waals surface area (Å²) in [5.41, 5.74) is 7.49. The zero-order chi connectivity index (χ0) is 15.2. The molecule has 3 heteroatoms. The number of rotatable bonds is 2. The van der Waals surface area contributed by atoms with Crippen molar-refractivity contribution in [1.29, 1.82) is 0 Å². The van der Waals surface area contributed by atoms with Crippen molar-refractivity contribution in [3.8, 4) is 0 Å². The van der Waals surface area contributed by atoms with Crippen molar-refractivity contribution in [2.45, 2.75) is 58.9 Å². The molecule has 0 spiro atoms. The molecule has 1 aromatic rings. The van der Waals surface area contributed by atoms with Crippen LogP contribution in [0.25, 0.3) is 0 Å². The molecule has 1 aliphatic carbocycles. The molecule has 0 unspecified atom stereocenters. The minimum absolute atomic E-state index is 0.154.